The van der Waals surface area contributed by atoms with Crippen molar-refractivity contribution in [3.05, 3.63) is 45.6 Å². The first-order valence-corrected chi connectivity index (χ1v) is 9.56. The standard InChI is InChI=1S/C20H23NO6S/c1-5-26-17-10-14(6-8-16(17)25-4)20(24)27-12(2)19(23)18-9-7-15(28-18)11-21-13(3)22/h6-10,12H,5,11H2,1-4H3,(H,21,22). The second-order valence-electron chi connectivity index (χ2n) is 5.89. The molecule has 1 atom stereocenters. The van der Waals surface area contributed by atoms with Gasteiger partial charge in [-0.25, -0.2) is 4.79 Å². The van der Waals surface area contributed by atoms with Gasteiger partial charge in [0.15, 0.2) is 17.6 Å². The van der Waals surface area contributed by atoms with Crippen molar-refractivity contribution in [1.82, 2.24) is 5.32 Å². The van der Waals surface area contributed by atoms with E-state index in [4.69, 9.17) is 14.2 Å². The molecule has 0 radical (unpaired) electrons. The van der Waals surface area contributed by atoms with Crippen LogP contribution in [0.4, 0.5) is 0 Å². The number of esters is 1. The molecule has 1 aromatic heterocycles. The SMILES string of the molecule is CCOc1cc(C(=O)OC(C)C(=O)c2ccc(CNC(C)=O)s2)ccc1OC. The van der Waals surface area contributed by atoms with E-state index in [-0.39, 0.29) is 17.3 Å². The summed E-state index contributed by atoms with van der Waals surface area (Å²) in [7, 11) is 1.51. The maximum Gasteiger partial charge on any atom is 0.338 e. The molecule has 0 aliphatic rings. The van der Waals surface area contributed by atoms with Crippen molar-refractivity contribution in [2.75, 3.05) is 13.7 Å². The van der Waals surface area contributed by atoms with Crippen LogP contribution in [0.5, 0.6) is 11.5 Å². The third-order valence-electron chi connectivity index (χ3n) is 3.77. The van der Waals surface area contributed by atoms with Crippen molar-refractivity contribution in [2.45, 2.75) is 33.4 Å². The van der Waals surface area contributed by atoms with Crippen LogP contribution in [0, 0.1) is 0 Å². The van der Waals surface area contributed by atoms with Gasteiger partial charge in [0.05, 0.1) is 30.7 Å². The molecule has 1 unspecified atom stereocenters. The number of hydrogen-bond acceptors (Lipinski definition) is 7. The number of ketones is 1. The number of rotatable bonds is 9. The van der Waals surface area contributed by atoms with Gasteiger partial charge in [0, 0.05) is 11.8 Å². The Morgan fingerprint density at radius 2 is 1.89 bits per heavy atom. The van der Waals surface area contributed by atoms with Crippen LogP contribution in [0.2, 0.25) is 0 Å². The van der Waals surface area contributed by atoms with E-state index in [1.54, 1.807) is 24.3 Å². The number of hydrogen-bond donors (Lipinski definition) is 1. The number of Topliss-reactive ketones (excluding diaryl/α,β-unsaturated/α-hetero) is 1. The lowest BCUT2D eigenvalue weighted by molar-refractivity contribution is -0.119. The zero-order valence-electron chi connectivity index (χ0n) is 16.2. The smallest absolute Gasteiger partial charge is 0.338 e. The molecule has 1 heterocycles. The van der Waals surface area contributed by atoms with E-state index in [1.807, 2.05) is 6.92 Å². The van der Waals surface area contributed by atoms with Crippen LogP contribution >= 0.6 is 11.3 Å². The number of nitrogens with one attached hydrogen (secondary N) is 1. The Balaban J connectivity index is 2.04. The topological polar surface area (TPSA) is 90.9 Å². The molecule has 2 aromatic rings. The van der Waals surface area contributed by atoms with Crippen molar-refractivity contribution in [2.24, 2.45) is 0 Å². The molecule has 2 rings (SSSR count). The number of ether oxygens (including phenoxy) is 3. The van der Waals surface area contributed by atoms with Gasteiger partial charge < -0.3 is 19.5 Å². The van der Waals surface area contributed by atoms with E-state index in [2.05, 4.69) is 5.32 Å². The van der Waals surface area contributed by atoms with Gasteiger partial charge in [0.25, 0.3) is 0 Å². The molecule has 0 spiro atoms. The fourth-order valence-corrected chi connectivity index (χ4v) is 3.34. The molecule has 7 nitrogen and oxygen atoms in total. The van der Waals surface area contributed by atoms with Gasteiger partial charge in [-0.1, -0.05) is 0 Å². The molecular formula is C20H23NO6S. The number of carbonyl (C=O) groups is 3. The maximum atomic E-state index is 12.5. The highest BCUT2D eigenvalue weighted by molar-refractivity contribution is 7.14. The summed E-state index contributed by atoms with van der Waals surface area (Å²) in [5.74, 6) is -0.132. The zero-order chi connectivity index (χ0) is 20.7. The first-order chi connectivity index (χ1) is 13.3. The fraction of sp³-hybridized carbons (Fsp3) is 0.350. The lowest BCUT2D eigenvalue weighted by Crippen LogP contribution is -2.23. The average Bonchev–Trinajstić information content (AvgIpc) is 3.14. The molecule has 28 heavy (non-hydrogen) atoms. The van der Waals surface area contributed by atoms with Gasteiger partial charge in [-0.2, -0.15) is 0 Å². The van der Waals surface area contributed by atoms with Crippen LogP contribution in [0.1, 0.15) is 45.7 Å². The number of thiophene rings is 1. The predicted octanol–water partition coefficient (Wildman–Crippen LogP) is 3.22. The predicted molar refractivity (Wildman–Crippen MR) is 105 cm³/mol. The van der Waals surface area contributed by atoms with Crippen molar-refractivity contribution in [3.8, 4) is 11.5 Å². The Labute approximate surface area is 167 Å². The summed E-state index contributed by atoms with van der Waals surface area (Å²) in [4.78, 5) is 37.2. The summed E-state index contributed by atoms with van der Waals surface area (Å²) in [5.41, 5.74) is 0.265. The summed E-state index contributed by atoms with van der Waals surface area (Å²) in [6.07, 6.45) is -0.947. The van der Waals surface area contributed by atoms with E-state index in [9.17, 15) is 14.4 Å². The second kappa shape index (κ2) is 9.89. The Morgan fingerprint density at radius 1 is 1.14 bits per heavy atom. The molecule has 0 fully saturated rings. The van der Waals surface area contributed by atoms with E-state index >= 15 is 0 Å². The first kappa shape index (κ1) is 21.4. The molecule has 8 heteroatoms. The average molecular weight is 405 g/mol. The van der Waals surface area contributed by atoms with Gasteiger partial charge in [-0.05, 0) is 44.2 Å². The summed E-state index contributed by atoms with van der Waals surface area (Å²) in [6.45, 7) is 5.56. The van der Waals surface area contributed by atoms with E-state index in [0.29, 0.717) is 29.5 Å². The van der Waals surface area contributed by atoms with Gasteiger partial charge >= 0.3 is 5.97 Å². The Kier molecular flexibility index (Phi) is 7.57. The molecular weight excluding hydrogens is 382 g/mol. The third kappa shape index (κ3) is 5.56. The summed E-state index contributed by atoms with van der Waals surface area (Å²) in [5, 5.41) is 2.67. The van der Waals surface area contributed by atoms with Gasteiger partial charge in [0.2, 0.25) is 11.7 Å². The Morgan fingerprint density at radius 3 is 2.54 bits per heavy atom. The molecule has 150 valence electrons. The fourth-order valence-electron chi connectivity index (χ4n) is 2.37. The van der Waals surface area contributed by atoms with Crippen molar-refractivity contribution >= 4 is 29.0 Å². The molecule has 0 saturated heterocycles. The van der Waals surface area contributed by atoms with Crippen LogP contribution in [-0.4, -0.2) is 37.5 Å². The van der Waals surface area contributed by atoms with Crippen LogP contribution in [0.3, 0.4) is 0 Å². The minimum absolute atomic E-state index is 0.144. The number of carbonyl (C=O) groups excluding carboxylic acids is 3. The van der Waals surface area contributed by atoms with Crippen molar-refractivity contribution < 1.29 is 28.6 Å². The lowest BCUT2D eigenvalue weighted by atomic mass is 10.2. The molecule has 0 saturated carbocycles. The lowest BCUT2D eigenvalue weighted by Gasteiger charge is -2.13. The van der Waals surface area contributed by atoms with Crippen molar-refractivity contribution in [1.29, 1.82) is 0 Å². The quantitative estimate of drug-likeness (QED) is 0.509. The van der Waals surface area contributed by atoms with E-state index in [1.165, 1.54) is 38.4 Å². The van der Waals surface area contributed by atoms with E-state index in [0.717, 1.165) is 4.88 Å². The van der Waals surface area contributed by atoms with Gasteiger partial charge in [-0.15, -0.1) is 11.3 Å². The molecule has 0 aliphatic heterocycles. The van der Waals surface area contributed by atoms with Crippen LogP contribution < -0.4 is 14.8 Å². The highest BCUT2D eigenvalue weighted by atomic mass is 32.1. The summed E-state index contributed by atoms with van der Waals surface area (Å²) in [6, 6.07) is 8.12. The van der Waals surface area contributed by atoms with Crippen LogP contribution in [0.25, 0.3) is 0 Å². The maximum absolute atomic E-state index is 12.5. The highest BCUT2D eigenvalue weighted by Gasteiger charge is 2.22. The minimum Gasteiger partial charge on any atom is -0.493 e. The van der Waals surface area contributed by atoms with Gasteiger partial charge in [0.1, 0.15) is 0 Å². The number of methoxy groups -OCH3 is 1. The third-order valence-corrected chi connectivity index (χ3v) is 4.87. The molecule has 0 bridgehead atoms. The zero-order valence-corrected chi connectivity index (χ0v) is 17.1. The molecule has 0 aliphatic carbocycles. The van der Waals surface area contributed by atoms with Gasteiger partial charge in [-0.3, -0.25) is 9.59 Å². The molecule has 1 aromatic carbocycles. The Hall–Kier alpha value is -2.87. The monoisotopic (exact) mass is 405 g/mol. The Bertz CT molecular complexity index is 860. The largest absolute Gasteiger partial charge is 0.493 e. The molecule has 1 amide bonds. The minimum atomic E-state index is -0.947. The molecule has 1 N–H and O–H groups in total. The summed E-state index contributed by atoms with van der Waals surface area (Å²) < 4.78 is 16.0. The first-order valence-electron chi connectivity index (χ1n) is 8.74. The number of amides is 1. The van der Waals surface area contributed by atoms with Crippen molar-refractivity contribution in [3.63, 3.8) is 0 Å². The second-order valence-corrected chi connectivity index (χ2v) is 7.05. The summed E-state index contributed by atoms with van der Waals surface area (Å²) >= 11 is 1.26. The normalized spacial score (nSPS) is 11.4. The van der Waals surface area contributed by atoms with Crippen LogP contribution in [-0.2, 0) is 16.1 Å². The highest BCUT2D eigenvalue weighted by Crippen LogP contribution is 2.28. The number of benzene rings is 1. The van der Waals surface area contributed by atoms with E-state index < -0.39 is 12.1 Å². The van der Waals surface area contributed by atoms with Crippen LogP contribution in [0.15, 0.2) is 30.3 Å².